The topological polar surface area (TPSA) is 101 Å². The molecule has 1 fully saturated rings. The fraction of sp³-hybridized carbons (Fsp3) is 0.526. The third-order valence-corrected chi connectivity index (χ3v) is 4.81. The molecule has 0 radical (unpaired) electrons. The molecule has 0 amide bonds. The lowest BCUT2D eigenvalue weighted by Gasteiger charge is -2.44. The molecule has 2 N–H and O–H groups in total. The van der Waals surface area contributed by atoms with Gasteiger partial charge >= 0.3 is 0 Å². The molecule has 0 heterocycles. The van der Waals surface area contributed by atoms with E-state index in [2.05, 4.69) is 0 Å². The van der Waals surface area contributed by atoms with E-state index in [0.717, 1.165) is 0 Å². The molecule has 0 aliphatic heterocycles. The summed E-state index contributed by atoms with van der Waals surface area (Å²) >= 11 is 0. The number of phenols is 1. The molecular formula is C19H24O6. The Morgan fingerprint density at radius 1 is 1.28 bits per heavy atom. The van der Waals surface area contributed by atoms with Crippen LogP contribution in [0.5, 0.6) is 11.5 Å². The second-order valence-corrected chi connectivity index (χ2v) is 6.86. The van der Waals surface area contributed by atoms with Gasteiger partial charge in [-0.1, -0.05) is 6.07 Å². The van der Waals surface area contributed by atoms with Gasteiger partial charge in [-0.3, -0.25) is 14.4 Å². The van der Waals surface area contributed by atoms with E-state index in [9.17, 15) is 24.6 Å². The molecule has 0 unspecified atom stereocenters. The average Bonchev–Trinajstić information content (AvgIpc) is 2.46. The van der Waals surface area contributed by atoms with Gasteiger partial charge in [-0.15, -0.1) is 0 Å². The molecule has 1 aliphatic carbocycles. The standard InChI is InChI=1S/C19H24O6/c1-5-25-15-8-12(6-7-13(15)22)17-16(10(2)20)14(23)9-19(4,24)18(17)11(3)21/h6-8,16-18,22,24H,5,9H2,1-4H3/t16-,17-,18-,19+/m1/s1. The van der Waals surface area contributed by atoms with Gasteiger partial charge in [-0.25, -0.2) is 0 Å². The highest BCUT2D eigenvalue weighted by atomic mass is 16.5. The number of rotatable bonds is 5. The number of hydrogen-bond donors (Lipinski definition) is 2. The number of Topliss-reactive ketones (excluding diaryl/α,β-unsaturated/α-hetero) is 3. The van der Waals surface area contributed by atoms with Gasteiger partial charge in [0.15, 0.2) is 11.5 Å². The highest BCUT2D eigenvalue weighted by Crippen LogP contribution is 2.47. The SMILES string of the molecule is CCOc1cc([C@@H]2[C@H](C(C)=O)C(=O)C[C@](C)(O)[C@@H]2C(C)=O)ccc1O. The Morgan fingerprint density at radius 2 is 1.92 bits per heavy atom. The van der Waals surface area contributed by atoms with E-state index in [4.69, 9.17) is 4.74 Å². The van der Waals surface area contributed by atoms with Crippen molar-refractivity contribution >= 4 is 17.3 Å². The summed E-state index contributed by atoms with van der Waals surface area (Å²) in [5.74, 6) is -3.59. The zero-order valence-electron chi connectivity index (χ0n) is 14.9. The molecule has 2 rings (SSSR count). The van der Waals surface area contributed by atoms with Crippen LogP contribution < -0.4 is 4.74 Å². The van der Waals surface area contributed by atoms with Gasteiger partial charge in [-0.2, -0.15) is 0 Å². The van der Waals surface area contributed by atoms with Crippen LogP contribution in [-0.4, -0.2) is 39.8 Å². The molecule has 1 aliphatic rings. The van der Waals surface area contributed by atoms with Crippen molar-refractivity contribution in [3.05, 3.63) is 23.8 Å². The number of aromatic hydroxyl groups is 1. The average molecular weight is 348 g/mol. The lowest BCUT2D eigenvalue weighted by atomic mass is 9.60. The molecule has 1 saturated carbocycles. The van der Waals surface area contributed by atoms with Gasteiger partial charge in [0.1, 0.15) is 17.3 Å². The minimum absolute atomic E-state index is 0.0711. The van der Waals surface area contributed by atoms with E-state index in [1.54, 1.807) is 13.0 Å². The summed E-state index contributed by atoms with van der Waals surface area (Å²) in [6.45, 7) is 6.20. The summed E-state index contributed by atoms with van der Waals surface area (Å²) in [4.78, 5) is 37.0. The van der Waals surface area contributed by atoms with Crippen LogP contribution in [0.1, 0.15) is 45.6 Å². The third kappa shape index (κ3) is 3.58. The first-order valence-electron chi connectivity index (χ1n) is 8.31. The maximum atomic E-state index is 12.5. The highest BCUT2D eigenvalue weighted by Gasteiger charge is 2.53. The van der Waals surface area contributed by atoms with Crippen LogP contribution in [0.15, 0.2) is 18.2 Å². The molecule has 4 atom stereocenters. The quantitative estimate of drug-likeness (QED) is 0.790. The molecular weight excluding hydrogens is 324 g/mol. The van der Waals surface area contributed by atoms with Crippen molar-refractivity contribution in [1.29, 1.82) is 0 Å². The number of carbonyl (C=O) groups excluding carboxylic acids is 3. The summed E-state index contributed by atoms with van der Waals surface area (Å²) < 4.78 is 5.37. The smallest absolute Gasteiger partial charge is 0.161 e. The lowest BCUT2D eigenvalue weighted by Crippen LogP contribution is -2.53. The zero-order valence-corrected chi connectivity index (χ0v) is 14.9. The van der Waals surface area contributed by atoms with E-state index >= 15 is 0 Å². The Labute approximate surface area is 146 Å². The summed E-state index contributed by atoms with van der Waals surface area (Å²) in [5.41, 5.74) is -1.03. The second kappa shape index (κ2) is 6.96. The predicted molar refractivity (Wildman–Crippen MR) is 90.6 cm³/mol. The van der Waals surface area contributed by atoms with Gasteiger partial charge < -0.3 is 14.9 Å². The van der Waals surface area contributed by atoms with Gasteiger partial charge in [0, 0.05) is 12.3 Å². The number of aliphatic hydroxyl groups is 1. The fourth-order valence-corrected chi connectivity index (χ4v) is 3.92. The largest absolute Gasteiger partial charge is 0.504 e. The number of carbonyl (C=O) groups is 3. The maximum Gasteiger partial charge on any atom is 0.161 e. The Balaban J connectivity index is 2.64. The number of ketones is 3. The Hall–Kier alpha value is -2.21. The third-order valence-electron chi connectivity index (χ3n) is 4.81. The summed E-state index contributed by atoms with van der Waals surface area (Å²) in [6.07, 6.45) is -0.242. The van der Waals surface area contributed by atoms with E-state index in [0.29, 0.717) is 12.2 Å². The summed E-state index contributed by atoms with van der Waals surface area (Å²) in [6, 6.07) is 4.50. The lowest BCUT2D eigenvalue weighted by molar-refractivity contribution is -0.151. The van der Waals surface area contributed by atoms with Crippen LogP contribution in [0.2, 0.25) is 0 Å². The molecule has 1 aromatic rings. The maximum absolute atomic E-state index is 12.5. The fourth-order valence-electron chi connectivity index (χ4n) is 3.92. The first-order chi connectivity index (χ1) is 11.6. The number of ether oxygens (including phenoxy) is 1. The normalized spacial score (nSPS) is 29.3. The number of benzene rings is 1. The van der Waals surface area contributed by atoms with Crippen molar-refractivity contribution < 1.29 is 29.3 Å². The van der Waals surface area contributed by atoms with Crippen molar-refractivity contribution in [2.24, 2.45) is 11.8 Å². The number of hydrogen-bond acceptors (Lipinski definition) is 6. The molecule has 1 aromatic carbocycles. The minimum Gasteiger partial charge on any atom is -0.504 e. The predicted octanol–water partition coefficient (Wildman–Crippen LogP) is 2.01. The van der Waals surface area contributed by atoms with Gasteiger partial charge in [0.25, 0.3) is 0 Å². The van der Waals surface area contributed by atoms with Crippen LogP contribution in [0.25, 0.3) is 0 Å². The Kier molecular flexibility index (Phi) is 5.32. The van der Waals surface area contributed by atoms with Gasteiger partial charge in [0.05, 0.1) is 24.0 Å². The van der Waals surface area contributed by atoms with Crippen molar-refractivity contribution in [3.63, 3.8) is 0 Å². The molecule has 6 nitrogen and oxygen atoms in total. The molecule has 0 saturated heterocycles. The molecule has 136 valence electrons. The minimum atomic E-state index is -1.54. The first-order valence-corrected chi connectivity index (χ1v) is 8.31. The van der Waals surface area contributed by atoms with Crippen molar-refractivity contribution in [3.8, 4) is 11.5 Å². The monoisotopic (exact) mass is 348 g/mol. The second-order valence-electron chi connectivity index (χ2n) is 6.86. The van der Waals surface area contributed by atoms with E-state index in [1.165, 1.54) is 32.9 Å². The van der Waals surface area contributed by atoms with Crippen LogP contribution in [0, 0.1) is 11.8 Å². The molecule has 6 heteroatoms. The van der Waals surface area contributed by atoms with Crippen LogP contribution in [0.4, 0.5) is 0 Å². The Bertz CT molecular complexity index is 706. The van der Waals surface area contributed by atoms with Crippen LogP contribution in [-0.2, 0) is 14.4 Å². The molecule has 0 aromatic heterocycles. The van der Waals surface area contributed by atoms with E-state index in [-0.39, 0.29) is 35.3 Å². The van der Waals surface area contributed by atoms with Crippen molar-refractivity contribution in [1.82, 2.24) is 0 Å². The highest BCUT2D eigenvalue weighted by molar-refractivity contribution is 6.05. The van der Waals surface area contributed by atoms with Crippen LogP contribution in [0.3, 0.4) is 0 Å². The first kappa shape index (κ1) is 19.1. The molecule has 0 spiro atoms. The molecule has 25 heavy (non-hydrogen) atoms. The van der Waals surface area contributed by atoms with Crippen LogP contribution >= 0.6 is 0 Å². The summed E-state index contributed by atoms with van der Waals surface area (Å²) in [7, 11) is 0. The summed E-state index contributed by atoms with van der Waals surface area (Å²) in [5, 5.41) is 20.6. The van der Waals surface area contributed by atoms with Crippen molar-refractivity contribution in [2.45, 2.75) is 45.6 Å². The van der Waals surface area contributed by atoms with E-state index in [1.807, 2.05) is 0 Å². The van der Waals surface area contributed by atoms with Crippen molar-refractivity contribution in [2.75, 3.05) is 6.61 Å². The Morgan fingerprint density at radius 3 is 2.44 bits per heavy atom. The molecule has 0 bridgehead atoms. The van der Waals surface area contributed by atoms with Gasteiger partial charge in [0.2, 0.25) is 0 Å². The number of phenolic OH excluding ortho intramolecular Hbond substituents is 1. The van der Waals surface area contributed by atoms with E-state index < -0.39 is 23.4 Å². The zero-order chi connectivity index (χ0) is 18.9. The van der Waals surface area contributed by atoms with Gasteiger partial charge in [-0.05, 0) is 45.4 Å².